The molecule has 0 spiro atoms. The highest BCUT2D eigenvalue weighted by Gasteiger charge is 2.35. The molecular weight excluding hydrogens is 487 g/mol. The quantitative estimate of drug-likeness (QED) is 0.464. The molecule has 3 rings (SSSR count). The maximum absolute atomic E-state index is 14.5. The van der Waals surface area contributed by atoms with E-state index in [-0.39, 0.29) is 32.6 Å². The summed E-state index contributed by atoms with van der Waals surface area (Å²) in [5.41, 5.74) is -4.35. The molecule has 0 bridgehead atoms. The second-order valence-corrected chi connectivity index (χ2v) is 7.55. The molecule has 31 heavy (non-hydrogen) atoms. The lowest BCUT2D eigenvalue weighted by atomic mass is 10.2. The molecule has 3 aromatic rings. The lowest BCUT2D eigenvalue weighted by Gasteiger charge is -2.16. The summed E-state index contributed by atoms with van der Waals surface area (Å²) in [6.07, 6.45) is -4.95. The monoisotopic (exact) mass is 496 g/mol. The first kappa shape index (κ1) is 23.2. The summed E-state index contributed by atoms with van der Waals surface area (Å²) in [7, 11) is 0.814. The van der Waals surface area contributed by atoms with Crippen LogP contribution in [0.15, 0.2) is 46.0 Å². The molecule has 0 amide bonds. The number of hydrogen-bond acceptors (Lipinski definition) is 3. The molecule has 0 aliphatic rings. The third-order valence-corrected chi connectivity index (χ3v) is 5.13. The van der Waals surface area contributed by atoms with Gasteiger partial charge in [0.15, 0.2) is 0 Å². The largest absolute Gasteiger partial charge is 0.487 e. The molecule has 1 heterocycles. The van der Waals surface area contributed by atoms with E-state index in [4.69, 9.17) is 39.5 Å². The molecule has 0 aliphatic carbocycles. The molecule has 0 aliphatic heterocycles. The SMILES string of the molecule is Cn1c(C(F)(F)F)cc(=O)n(-c2cc(OCc3ccc(Cl)cc3Cl)c(Cl)cc2F)c1=O. The van der Waals surface area contributed by atoms with Crippen LogP contribution in [0, 0.1) is 5.82 Å². The summed E-state index contributed by atoms with van der Waals surface area (Å²) >= 11 is 17.9. The minimum Gasteiger partial charge on any atom is -0.487 e. The van der Waals surface area contributed by atoms with Gasteiger partial charge in [-0.15, -0.1) is 0 Å². The van der Waals surface area contributed by atoms with Gasteiger partial charge in [-0.3, -0.25) is 9.36 Å². The van der Waals surface area contributed by atoms with Crippen molar-refractivity contribution in [1.82, 2.24) is 9.13 Å². The number of aromatic nitrogens is 2. The van der Waals surface area contributed by atoms with Crippen molar-refractivity contribution in [3.63, 3.8) is 0 Å². The molecule has 0 saturated heterocycles. The predicted octanol–water partition coefficient (Wildman–Crippen LogP) is 5.23. The van der Waals surface area contributed by atoms with Gasteiger partial charge in [0, 0.05) is 34.8 Å². The van der Waals surface area contributed by atoms with E-state index in [1.807, 2.05) is 0 Å². The molecule has 5 nitrogen and oxygen atoms in total. The van der Waals surface area contributed by atoms with Crippen molar-refractivity contribution in [3.05, 3.63) is 89.4 Å². The predicted molar refractivity (Wildman–Crippen MR) is 108 cm³/mol. The fourth-order valence-electron chi connectivity index (χ4n) is 2.71. The second kappa shape index (κ2) is 8.57. The first-order valence-electron chi connectivity index (χ1n) is 8.36. The fraction of sp³-hybridized carbons (Fsp3) is 0.158. The Hall–Kier alpha value is -2.49. The normalized spacial score (nSPS) is 11.6. The topological polar surface area (TPSA) is 53.2 Å². The number of rotatable bonds is 4. The third-order valence-electron chi connectivity index (χ3n) is 4.25. The standard InChI is InChI=1S/C19H11Cl3F4N2O3/c1-27-16(19(24,25)26)7-17(29)28(18(27)30)14-6-15(12(22)5-13(14)23)31-8-9-2-3-10(20)4-11(9)21/h2-7H,8H2,1H3. The first-order valence-corrected chi connectivity index (χ1v) is 9.50. The summed E-state index contributed by atoms with van der Waals surface area (Å²) < 4.78 is 59.5. The van der Waals surface area contributed by atoms with E-state index in [9.17, 15) is 27.2 Å². The molecule has 0 radical (unpaired) electrons. The number of halogens is 7. The van der Waals surface area contributed by atoms with Crippen molar-refractivity contribution in [2.75, 3.05) is 0 Å². The average Bonchev–Trinajstić information content (AvgIpc) is 2.65. The average molecular weight is 498 g/mol. The Labute approximate surface area is 187 Å². The van der Waals surface area contributed by atoms with Crippen LogP contribution in [0.2, 0.25) is 15.1 Å². The van der Waals surface area contributed by atoms with Crippen LogP contribution in [0.1, 0.15) is 11.3 Å². The molecule has 12 heteroatoms. The highest BCUT2D eigenvalue weighted by molar-refractivity contribution is 6.35. The van der Waals surface area contributed by atoms with Crippen LogP contribution in [-0.2, 0) is 19.8 Å². The molecule has 0 fully saturated rings. The van der Waals surface area contributed by atoms with Gasteiger partial charge in [-0.25, -0.2) is 13.8 Å². The number of nitrogens with zero attached hydrogens (tertiary/aromatic N) is 2. The van der Waals surface area contributed by atoms with Gasteiger partial charge < -0.3 is 4.74 Å². The highest BCUT2D eigenvalue weighted by atomic mass is 35.5. The Morgan fingerprint density at radius 2 is 1.68 bits per heavy atom. The summed E-state index contributed by atoms with van der Waals surface area (Å²) in [6, 6.07) is 6.54. The van der Waals surface area contributed by atoms with E-state index in [1.165, 1.54) is 6.07 Å². The second-order valence-electron chi connectivity index (χ2n) is 6.30. The van der Waals surface area contributed by atoms with E-state index in [0.717, 1.165) is 19.2 Å². The maximum Gasteiger partial charge on any atom is 0.431 e. The zero-order valence-corrected chi connectivity index (χ0v) is 17.7. The summed E-state index contributed by atoms with van der Waals surface area (Å²) in [5, 5.41) is 0.496. The first-order chi connectivity index (χ1) is 14.4. The van der Waals surface area contributed by atoms with Gasteiger partial charge in [-0.2, -0.15) is 13.2 Å². The minimum atomic E-state index is -4.95. The third kappa shape index (κ3) is 4.73. The fourth-order valence-corrected chi connectivity index (χ4v) is 3.38. The Kier molecular flexibility index (Phi) is 6.40. The van der Waals surface area contributed by atoms with E-state index in [1.54, 1.807) is 12.1 Å². The van der Waals surface area contributed by atoms with Crippen molar-refractivity contribution in [1.29, 1.82) is 0 Å². The molecular formula is C19H11Cl3F4N2O3. The van der Waals surface area contributed by atoms with Crippen LogP contribution < -0.4 is 16.0 Å². The molecule has 0 N–H and O–H groups in total. The van der Waals surface area contributed by atoms with Gasteiger partial charge in [-0.1, -0.05) is 40.9 Å². The van der Waals surface area contributed by atoms with Crippen LogP contribution in [0.3, 0.4) is 0 Å². The Bertz CT molecular complexity index is 1290. The number of hydrogen-bond donors (Lipinski definition) is 0. The molecule has 1 aromatic heterocycles. The molecule has 2 aromatic carbocycles. The lowest BCUT2D eigenvalue weighted by molar-refractivity contribution is -0.144. The number of ether oxygens (including phenoxy) is 1. The molecule has 164 valence electrons. The molecule has 0 saturated carbocycles. The number of alkyl halides is 3. The molecule has 0 unspecified atom stereocenters. The Balaban J connectivity index is 2.07. The Morgan fingerprint density at radius 3 is 2.29 bits per heavy atom. The van der Waals surface area contributed by atoms with Crippen molar-refractivity contribution in [2.45, 2.75) is 12.8 Å². The van der Waals surface area contributed by atoms with Gasteiger partial charge >= 0.3 is 11.9 Å². The Morgan fingerprint density at radius 1 is 1.00 bits per heavy atom. The van der Waals surface area contributed by atoms with Crippen molar-refractivity contribution >= 4 is 34.8 Å². The minimum absolute atomic E-state index is 0.124. The van der Waals surface area contributed by atoms with E-state index < -0.39 is 34.6 Å². The summed E-state index contributed by atoms with van der Waals surface area (Å²) in [6.45, 7) is -0.124. The van der Waals surface area contributed by atoms with Crippen LogP contribution >= 0.6 is 34.8 Å². The smallest absolute Gasteiger partial charge is 0.431 e. The van der Waals surface area contributed by atoms with Crippen molar-refractivity contribution < 1.29 is 22.3 Å². The summed E-state index contributed by atoms with van der Waals surface area (Å²) in [5.74, 6) is -1.24. The van der Waals surface area contributed by atoms with Gasteiger partial charge in [-0.05, 0) is 18.2 Å². The van der Waals surface area contributed by atoms with E-state index >= 15 is 0 Å². The number of benzene rings is 2. The van der Waals surface area contributed by atoms with Crippen LogP contribution in [0.4, 0.5) is 17.6 Å². The van der Waals surface area contributed by atoms with Crippen LogP contribution in [-0.4, -0.2) is 9.13 Å². The zero-order valence-electron chi connectivity index (χ0n) is 15.4. The van der Waals surface area contributed by atoms with Crippen LogP contribution in [0.5, 0.6) is 5.75 Å². The lowest BCUT2D eigenvalue weighted by Crippen LogP contribution is -2.41. The van der Waals surface area contributed by atoms with Crippen molar-refractivity contribution in [2.24, 2.45) is 7.05 Å². The van der Waals surface area contributed by atoms with Crippen molar-refractivity contribution in [3.8, 4) is 11.4 Å². The zero-order chi connectivity index (χ0) is 23.1. The van der Waals surface area contributed by atoms with Crippen LogP contribution in [0.25, 0.3) is 5.69 Å². The van der Waals surface area contributed by atoms with E-state index in [0.29, 0.717) is 15.6 Å². The van der Waals surface area contributed by atoms with Gasteiger partial charge in [0.05, 0.1) is 10.7 Å². The van der Waals surface area contributed by atoms with Gasteiger partial charge in [0.2, 0.25) is 0 Å². The van der Waals surface area contributed by atoms with Gasteiger partial charge in [0.1, 0.15) is 23.9 Å². The molecule has 0 atom stereocenters. The summed E-state index contributed by atoms with van der Waals surface area (Å²) in [4.78, 5) is 24.7. The van der Waals surface area contributed by atoms with E-state index in [2.05, 4.69) is 0 Å². The van der Waals surface area contributed by atoms with Gasteiger partial charge in [0.25, 0.3) is 5.56 Å². The highest BCUT2D eigenvalue weighted by Crippen LogP contribution is 2.31. The maximum atomic E-state index is 14.5.